The molecule has 4 rings (SSSR count). The van der Waals surface area contributed by atoms with Crippen LogP contribution in [-0.2, 0) is 17.8 Å². The molecular formula is C27H32IN3O3. The lowest BCUT2D eigenvalue weighted by Crippen LogP contribution is -2.43. The highest BCUT2D eigenvalue weighted by Gasteiger charge is 2.39. The van der Waals surface area contributed by atoms with E-state index in [0.717, 1.165) is 37.2 Å². The number of aliphatic carboxylic acids is 1. The summed E-state index contributed by atoms with van der Waals surface area (Å²) in [4.78, 5) is 18.6. The highest BCUT2D eigenvalue weighted by atomic mass is 127. The Morgan fingerprint density at radius 1 is 1.15 bits per heavy atom. The van der Waals surface area contributed by atoms with Crippen LogP contribution < -0.4 is 0 Å². The average Bonchev–Trinajstić information content (AvgIpc) is 3.31. The maximum atomic E-state index is 11.7. The van der Waals surface area contributed by atoms with E-state index in [-0.39, 0.29) is 0 Å². The van der Waals surface area contributed by atoms with Gasteiger partial charge in [0.05, 0.1) is 5.41 Å². The van der Waals surface area contributed by atoms with E-state index < -0.39 is 11.4 Å². The zero-order valence-corrected chi connectivity index (χ0v) is 22.2. The van der Waals surface area contributed by atoms with Crippen LogP contribution in [0.4, 0.5) is 0 Å². The molecule has 2 heterocycles. The lowest BCUT2D eigenvalue weighted by atomic mass is 9.76. The zero-order chi connectivity index (χ0) is 24.3. The number of hydrogen-bond donors (Lipinski definition) is 1. The van der Waals surface area contributed by atoms with Crippen molar-refractivity contribution in [3.63, 3.8) is 0 Å². The summed E-state index contributed by atoms with van der Waals surface area (Å²) in [6.07, 6.45) is 3.16. The van der Waals surface area contributed by atoms with Gasteiger partial charge in [0.25, 0.3) is 5.89 Å². The van der Waals surface area contributed by atoms with Crippen LogP contribution in [0, 0.1) is 14.9 Å². The van der Waals surface area contributed by atoms with Crippen LogP contribution in [-0.4, -0.2) is 39.2 Å². The Hall–Kier alpha value is -2.26. The molecule has 34 heavy (non-hydrogen) atoms. The average molecular weight is 573 g/mol. The summed E-state index contributed by atoms with van der Waals surface area (Å²) in [5, 5.41) is 13.8. The summed E-state index contributed by atoms with van der Waals surface area (Å²) in [7, 11) is 0. The van der Waals surface area contributed by atoms with Crippen LogP contribution in [0.15, 0.2) is 47.0 Å². The Kier molecular flexibility index (Phi) is 7.72. The number of carbonyl (C=O) groups is 1. The van der Waals surface area contributed by atoms with E-state index >= 15 is 0 Å². The molecule has 0 atom stereocenters. The highest BCUT2D eigenvalue weighted by Crippen LogP contribution is 2.35. The van der Waals surface area contributed by atoms with Crippen molar-refractivity contribution in [1.29, 1.82) is 0 Å². The molecule has 1 aliphatic heterocycles. The largest absolute Gasteiger partial charge is 0.481 e. The van der Waals surface area contributed by atoms with Gasteiger partial charge >= 0.3 is 5.97 Å². The fourth-order valence-electron chi connectivity index (χ4n) is 4.62. The molecule has 7 heteroatoms. The van der Waals surface area contributed by atoms with E-state index in [2.05, 4.69) is 81.8 Å². The van der Waals surface area contributed by atoms with E-state index in [9.17, 15) is 9.90 Å². The summed E-state index contributed by atoms with van der Waals surface area (Å²) in [6.45, 7) is 8.87. The van der Waals surface area contributed by atoms with Crippen molar-refractivity contribution in [3.05, 3.63) is 57.2 Å². The Bertz CT molecular complexity index is 1130. The predicted molar refractivity (Wildman–Crippen MR) is 141 cm³/mol. The van der Waals surface area contributed by atoms with Gasteiger partial charge in [0.15, 0.2) is 0 Å². The quantitative estimate of drug-likeness (QED) is 0.320. The topological polar surface area (TPSA) is 79.5 Å². The van der Waals surface area contributed by atoms with Crippen molar-refractivity contribution >= 4 is 28.6 Å². The number of carboxylic acid groups (broad SMARTS) is 1. The molecule has 3 aromatic rings. The van der Waals surface area contributed by atoms with Crippen molar-refractivity contribution in [3.8, 4) is 22.8 Å². The van der Waals surface area contributed by atoms with Crippen LogP contribution in [0.1, 0.15) is 51.2 Å². The number of nitrogens with zero attached hydrogens (tertiary/aromatic N) is 3. The van der Waals surface area contributed by atoms with Gasteiger partial charge in [-0.15, -0.1) is 0 Å². The van der Waals surface area contributed by atoms with Gasteiger partial charge in [0.1, 0.15) is 0 Å². The molecule has 1 aliphatic rings. The number of piperidine rings is 1. The van der Waals surface area contributed by atoms with Gasteiger partial charge in [0, 0.05) is 21.2 Å². The van der Waals surface area contributed by atoms with Crippen molar-refractivity contribution in [2.24, 2.45) is 11.3 Å². The minimum Gasteiger partial charge on any atom is -0.481 e. The van der Waals surface area contributed by atoms with E-state index in [0.29, 0.717) is 36.9 Å². The van der Waals surface area contributed by atoms with Gasteiger partial charge in [-0.1, -0.05) is 56.3 Å². The maximum absolute atomic E-state index is 11.7. The summed E-state index contributed by atoms with van der Waals surface area (Å²) in [6, 6.07) is 14.5. The normalized spacial score (nSPS) is 16.1. The number of hydrogen-bond acceptors (Lipinski definition) is 5. The van der Waals surface area contributed by atoms with Crippen LogP contribution in [0.3, 0.4) is 0 Å². The standard InChI is InChI=1S/C27H32IN3O3/c1-4-27(26(32)33)11-13-31(14-12-27)17-19-5-7-20(8-6-19)24-29-25(34-30-24)22-10-9-21(15-18(2)3)23(28)16-22/h5-10,16,18H,4,11-15,17H2,1-3H3,(H,32,33). The van der Waals surface area contributed by atoms with Crippen LogP contribution >= 0.6 is 22.6 Å². The second kappa shape index (κ2) is 10.6. The van der Waals surface area contributed by atoms with Crippen molar-refractivity contribution in [1.82, 2.24) is 15.0 Å². The third-order valence-corrected chi connectivity index (χ3v) is 7.92. The third kappa shape index (κ3) is 5.51. The molecule has 0 saturated carbocycles. The summed E-state index contributed by atoms with van der Waals surface area (Å²) in [5.41, 5.74) is 3.83. The molecule has 6 nitrogen and oxygen atoms in total. The van der Waals surface area contributed by atoms with Gasteiger partial charge in [-0.25, -0.2) is 0 Å². The Morgan fingerprint density at radius 2 is 1.82 bits per heavy atom. The van der Waals surface area contributed by atoms with Crippen molar-refractivity contribution < 1.29 is 14.4 Å². The molecule has 0 bridgehead atoms. The SMILES string of the molecule is CCC1(C(=O)O)CCN(Cc2ccc(-c3noc(-c4ccc(CC(C)C)c(I)c4)n3)cc2)CC1. The molecule has 0 spiro atoms. The lowest BCUT2D eigenvalue weighted by Gasteiger charge is -2.38. The number of carboxylic acids is 1. The first-order valence-corrected chi connectivity index (χ1v) is 13.0. The molecule has 0 radical (unpaired) electrons. The molecule has 0 amide bonds. The first kappa shape index (κ1) is 24.9. The van der Waals surface area contributed by atoms with E-state index in [1.54, 1.807) is 0 Å². The van der Waals surface area contributed by atoms with Gasteiger partial charge < -0.3 is 9.63 Å². The molecule has 0 unspecified atom stereocenters. The lowest BCUT2D eigenvalue weighted by molar-refractivity contribution is -0.152. The van der Waals surface area contributed by atoms with E-state index in [1.165, 1.54) is 14.7 Å². The van der Waals surface area contributed by atoms with Crippen molar-refractivity contribution in [2.75, 3.05) is 13.1 Å². The molecular weight excluding hydrogens is 541 g/mol. The van der Waals surface area contributed by atoms with Crippen molar-refractivity contribution in [2.45, 2.75) is 53.0 Å². The zero-order valence-electron chi connectivity index (χ0n) is 20.1. The van der Waals surface area contributed by atoms with Crippen LogP contribution in [0.25, 0.3) is 22.8 Å². The molecule has 1 aromatic heterocycles. The predicted octanol–water partition coefficient (Wildman–Crippen LogP) is 6.28. The molecule has 1 saturated heterocycles. The second-order valence-electron chi connectivity index (χ2n) is 9.74. The number of aromatic nitrogens is 2. The molecule has 180 valence electrons. The van der Waals surface area contributed by atoms with Gasteiger partial charge in [-0.3, -0.25) is 9.69 Å². The smallest absolute Gasteiger partial charge is 0.309 e. The van der Waals surface area contributed by atoms with Gasteiger partial charge in [-0.2, -0.15) is 4.98 Å². The Morgan fingerprint density at radius 3 is 2.41 bits per heavy atom. The number of rotatable bonds is 8. The monoisotopic (exact) mass is 573 g/mol. The Labute approximate surface area is 214 Å². The number of benzene rings is 2. The maximum Gasteiger partial charge on any atom is 0.309 e. The Balaban J connectivity index is 1.40. The first-order chi connectivity index (χ1) is 16.3. The van der Waals surface area contributed by atoms with Crippen LogP contribution in [0.2, 0.25) is 0 Å². The van der Waals surface area contributed by atoms with Gasteiger partial charge in [0.2, 0.25) is 5.82 Å². The molecule has 2 aromatic carbocycles. The van der Waals surface area contributed by atoms with Gasteiger partial charge in [-0.05, 0) is 90.5 Å². The number of halogens is 1. The third-order valence-electron chi connectivity index (χ3n) is 6.92. The second-order valence-corrected chi connectivity index (χ2v) is 10.9. The molecule has 1 N–H and O–H groups in total. The fourth-order valence-corrected chi connectivity index (χ4v) is 5.35. The summed E-state index contributed by atoms with van der Waals surface area (Å²) < 4.78 is 6.77. The minimum absolute atomic E-state index is 0.527. The molecule has 0 aliphatic carbocycles. The summed E-state index contributed by atoms with van der Waals surface area (Å²) >= 11 is 2.37. The van der Waals surface area contributed by atoms with Crippen LogP contribution in [0.5, 0.6) is 0 Å². The van der Waals surface area contributed by atoms with E-state index in [1.807, 2.05) is 19.1 Å². The number of likely N-dealkylation sites (tertiary alicyclic amines) is 1. The minimum atomic E-state index is -0.653. The highest BCUT2D eigenvalue weighted by molar-refractivity contribution is 14.1. The van der Waals surface area contributed by atoms with E-state index in [4.69, 9.17) is 4.52 Å². The molecule has 1 fully saturated rings. The first-order valence-electron chi connectivity index (χ1n) is 12.0. The fraction of sp³-hybridized carbons (Fsp3) is 0.444. The summed E-state index contributed by atoms with van der Waals surface area (Å²) in [5.74, 6) is 1.07.